The SMILES string of the molecule is [Cr].[Mo].[Nb].[Ni].[Si]. The maximum Gasteiger partial charge on any atom is 0 e. The van der Waals surface area contributed by atoms with Gasteiger partial charge in [0.05, 0.1) is 0 Å². The van der Waals surface area contributed by atoms with Gasteiger partial charge in [-0.25, -0.2) is 0 Å². The third kappa shape index (κ3) is 20.4. The first-order chi connectivity index (χ1) is 0. The third-order valence-corrected chi connectivity index (χ3v) is 0. The van der Waals surface area contributed by atoms with Gasteiger partial charge in [-0.2, -0.15) is 0 Å². The maximum absolute atomic E-state index is 0. The molecule has 5 heteroatoms. The smallest absolute Gasteiger partial charge is 0 e. The molecule has 0 aliphatic heterocycles. The summed E-state index contributed by atoms with van der Waals surface area (Å²) >= 11 is 0. The fourth-order valence-electron chi connectivity index (χ4n) is 0. The zero-order chi connectivity index (χ0) is 0. The summed E-state index contributed by atoms with van der Waals surface area (Å²) in [7, 11) is 0. The minimum Gasteiger partial charge on any atom is 0 e. The van der Waals surface area contributed by atoms with Gasteiger partial charge in [-0.15, -0.1) is 0 Å². The predicted octanol–water partition coefficient (Wildman–Crippen LogP) is -0.391. The average molecular weight is 328 g/mol. The minimum absolute atomic E-state index is 0. The molecule has 31 valence electrons. The van der Waals surface area contributed by atoms with E-state index in [0.717, 1.165) is 0 Å². The summed E-state index contributed by atoms with van der Waals surface area (Å²) in [4.78, 5) is 0. The Morgan fingerprint density at radius 1 is 1.00 bits per heavy atom. The number of hydrogen-bond acceptors (Lipinski definition) is 0. The molecule has 0 bridgehead atoms. The molecule has 0 amide bonds. The van der Waals surface area contributed by atoms with Gasteiger partial charge in [-0.1, -0.05) is 0 Å². The van der Waals surface area contributed by atoms with Gasteiger partial charge in [-0.05, 0) is 0 Å². The molecule has 0 aromatic carbocycles. The zero-order valence-corrected chi connectivity index (χ0v) is 9.55. The number of rotatable bonds is 0. The molecule has 0 rings (SSSR count). The molecule has 0 saturated carbocycles. The second-order valence-corrected chi connectivity index (χ2v) is 0. The Bertz CT molecular complexity index is 11.6. The van der Waals surface area contributed by atoms with Gasteiger partial charge in [0.25, 0.3) is 0 Å². The van der Waals surface area contributed by atoms with Crippen molar-refractivity contribution in [2.45, 2.75) is 0 Å². The van der Waals surface area contributed by atoms with E-state index in [1.54, 1.807) is 0 Å². The fraction of sp³-hybridized carbons (Fsp3) is 0. The van der Waals surface area contributed by atoms with Crippen LogP contribution in [0.15, 0.2) is 0 Å². The van der Waals surface area contributed by atoms with Gasteiger partial charge < -0.3 is 0 Å². The molecular formula is CrMoNbNiSi. The summed E-state index contributed by atoms with van der Waals surface area (Å²) in [6.07, 6.45) is 0. The molecule has 0 aromatic heterocycles. The quantitative estimate of drug-likeness (QED) is 0.532. The molecular weight excluding hydrogens is 328 g/mol. The van der Waals surface area contributed by atoms with Gasteiger partial charge in [0.1, 0.15) is 0 Å². The van der Waals surface area contributed by atoms with E-state index in [4.69, 9.17) is 0 Å². The second-order valence-electron chi connectivity index (χ2n) is 0. The van der Waals surface area contributed by atoms with Crippen LogP contribution in [0.25, 0.3) is 0 Å². The van der Waals surface area contributed by atoms with E-state index in [-0.39, 0.29) is 88.3 Å². The van der Waals surface area contributed by atoms with Gasteiger partial charge in [-0.3, -0.25) is 0 Å². The van der Waals surface area contributed by atoms with Crippen LogP contribution in [0.2, 0.25) is 0 Å². The summed E-state index contributed by atoms with van der Waals surface area (Å²) in [6.45, 7) is 0. The van der Waals surface area contributed by atoms with E-state index >= 15 is 0 Å². The van der Waals surface area contributed by atoms with E-state index in [1.165, 1.54) is 0 Å². The van der Waals surface area contributed by atoms with Crippen molar-refractivity contribution in [3.05, 3.63) is 0 Å². The molecule has 0 aliphatic rings. The van der Waals surface area contributed by atoms with Crippen molar-refractivity contribution in [3.63, 3.8) is 0 Å². The Hall–Kier alpha value is 2.67. The van der Waals surface area contributed by atoms with E-state index in [1.807, 2.05) is 0 Å². The molecule has 0 heterocycles. The van der Waals surface area contributed by atoms with E-state index in [2.05, 4.69) is 0 Å². The van der Waals surface area contributed by atoms with Crippen molar-refractivity contribution >= 4 is 11.0 Å². The first kappa shape index (κ1) is 47.8. The summed E-state index contributed by atoms with van der Waals surface area (Å²) in [5.74, 6) is 0. The maximum atomic E-state index is 0. The molecule has 0 spiro atoms. The monoisotopic (exact) mass is 329 g/mol. The zero-order valence-electron chi connectivity index (χ0n) is 2.08. The summed E-state index contributed by atoms with van der Waals surface area (Å²) < 4.78 is 0. The van der Waals surface area contributed by atoms with Gasteiger partial charge in [0, 0.05) is 88.3 Å². The topological polar surface area (TPSA) is 0 Å². The first-order valence-electron chi connectivity index (χ1n) is 0. The molecule has 5 radical (unpaired) electrons. The van der Waals surface area contributed by atoms with Crippen LogP contribution >= 0.6 is 0 Å². The van der Waals surface area contributed by atoms with Crippen molar-refractivity contribution in [2.75, 3.05) is 0 Å². The molecule has 0 nitrogen and oxygen atoms in total. The summed E-state index contributed by atoms with van der Waals surface area (Å²) in [5, 5.41) is 0. The first-order valence-corrected chi connectivity index (χ1v) is 0. The Morgan fingerprint density at radius 2 is 1.00 bits per heavy atom. The standard InChI is InChI=1S/Cr.Mo.Nb.Ni.Si. The number of hydrogen-bond donors (Lipinski definition) is 0. The third-order valence-electron chi connectivity index (χ3n) is 0. The van der Waals surface area contributed by atoms with Gasteiger partial charge in [0.2, 0.25) is 0 Å². The second kappa shape index (κ2) is 30.1. The Balaban J connectivity index is 0. The summed E-state index contributed by atoms with van der Waals surface area (Å²) in [6, 6.07) is 0. The molecule has 0 aromatic rings. The van der Waals surface area contributed by atoms with Crippen LogP contribution < -0.4 is 0 Å². The van der Waals surface area contributed by atoms with Crippen molar-refractivity contribution in [2.24, 2.45) is 0 Å². The molecule has 0 atom stereocenters. The Morgan fingerprint density at radius 3 is 1.00 bits per heavy atom. The van der Waals surface area contributed by atoms with Gasteiger partial charge >= 0.3 is 0 Å². The molecule has 0 unspecified atom stereocenters. The van der Waals surface area contributed by atoms with Crippen LogP contribution in [-0.4, -0.2) is 11.0 Å². The predicted molar refractivity (Wildman–Crippen MR) is 5.75 cm³/mol. The minimum atomic E-state index is 0. The van der Waals surface area contributed by atoms with Crippen molar-refractivity contribution < 1.29 is 77.3 Å². The van der Waals surface area contributed by atoms with Crippen LogP contribution in [0.4, 0.5) is 0 Å². The van der Waals surface area contributed by atoms with Crippen LogP contribution in [0.3, 0.4) is 0 Å². The summed E-state index contributed by atoms with van der Waals surface area (Å²) in [5.41, 5.74) is 0. The Labute approximate surface area is 87.1 Å². The van der Waals surface area contributed by atoms with Crippen molar-refractivity contribution in [1.29, 1.82) is 0 Å². The molecule has 0 fully saturated rings. The average Bonchev–Trinajstić information content (AvgIpc) is 0. The van der Waals surface area contributed by atoms with Crippen LogP contribution in [0, 0.1) is 0 Å². The van der Waals surface area contributed by atoms with Crippen LogP contribution in [0.1, 0.15) is 0 Å². The van der Waals surface area contributed by atoms with Gasteiger partial charge in [0.15, 0.2) is 0 Å². The molecule has 5 heavy (non-hydrogen) atoms. The largest absolute Gasteiger partial charge is 0 e. The molecule has 0 aliphatic carbocycles. The van der Waals surface area contributed by atoms with E-state index < -0.39 is 0 Å². The fourth-order valence-corrected chi connectivity index (χ4v) is 0. The van der Waals surface area contributed by atoms with Crippen LogP contribution in [0.5, 0.6) is 0 Å². The Kier molecular flexibility index (Phi) is 288. The molecule has 0 N–H and O–H groups in total. The molecule has 0 saturated heterocycles. The van der Waals surface area contributed by atoms with Crippen molar-refractivity contribution in [1.82, 2.24) is 0 Å². The van der Waals surface area contributed by atoms with Crippen molar-refractivity contribution in [3.8, 4) is 0 Å². The van der Waals surface area contributed by atoms with E-state index in [0.29, 0.717) is 0 Å². The van der Waals surface area contributed by atoms with E-state index in [9.17, 15) is 0 Å². The van der Waals surface area contributed by atoms with Crippen LogP contribution in [-0.2, 0) is 77.3 Å². The normalized spacial score (nSPS) is 0.